The summed E-state index contributed by atoms with van der Waals surface area (Å²) in [7, 11) is -5.28. The molecule has 3 rings (SSSR count). The normalized spacial score (nSPS) is 11.0. The van der Waals surface area contributed by atoms with Gasteiger partial charge in [-0.1, -0.05) is 78.9 Å². The molecule has 118 valence electrons. The molecule has 0 bridgehead atoms. The summed E-state index contributed by atoms with van der Waals surface area (Å²) in [4.78, 5) is 0.166. The molecule has 0 heterocycles. The summed E-state index contributed by atoms with van der Waals surface area (Å²) >= 11 is 0. The van der Waals surface area contributed by atoms with E-state index in [0.717, 1.165) is 10.6 Å². The third kappa shape index (κ3) is 4.76. The summed E-state index contributed by atoms with van der Waals surface area (Å²) in [5, 5.41) is 1.71. The third-order valence-corrected chi connectivity index (χ3v) is 6.95. The summed E-state index contributed by atoms with van der Waals surface area (Å²) in [5.74, 6) is 0. The van der Waals surface area contributed by atoms with Gasteiger partial charge in [-0.2, -0.15) is 8.42 Å². The molecule has 0 aliphatic heterocycles. The van der Waals surface area contributed by atoms with E-state index in [2.05, 4.69) is 0 Å². The molecule has 0 saturated carbocycles. The minimum atomic E-state index is -3.83. The van der Waals surface area contributed by atoms with Gasteiger partial charge in [0.1, 0.15) is 8.15 Å². The maximum absolute atomic E-state index is 12.6. The Morgan fingerprint density at radius 3 is 1.42 bits per heavy atom. The van der Waals surface area contributed by atoms with Crippen LogP contribution in [-0.4, -0.2) is 38.0 Å². The summed E-state index contributed by atoms with van der Waals surface area (Å²) in [5.41, 5.74) is 0. The quantitative estimate of drug-likeness (QED) is 0.515. The first kappa shape index (κ1) is 19.3. The van der Waals surface area contributed by atoms with Gasteiger partial charge in [-0.15, -0.1) is 0 Å². The first-order valence-corrected chi connectivity index (χ1v) is 9.73. The molecule has 3 nitrogen and oxygen atoms in total. The van der Waals surface area contributed by atoms with E-state index in [9.17, 15) is 8.42 Å². The van der Waals surface area contributed by atoms with Crippen molar-refractivity contribution in [2.24, 2.45) is 0 Å². The van der Waals surface area contributed by atoms with E-state index in [-0.39, 0.29) is 34.5 Å². The molecule has 0 radical (unpaired) electrons. The average molecular weight is 366 g/mol. The molecule has 0 aliphatic rings. The molecule has 0 aromatic heterocycles. The standard InChI is InChI=1S/C18H15O3PS.Na.H/c19-23(20,18-14-8-3-9-15-18)21-22(16-10-4-1-5-11-16)17-12-6-2-7-13-17;;/h1-15H;;. The molecule has 0 saturated heterocycles. The van der Waals surface area contributed by atoms with Gasteiger partial charge < -0.3 is 0 Å². The Morgan fingerprint density at radius 1 is 0.625 bits per heavy atom. The van der Waals surface area contributed by atoms with Crippen LogP contribution in [0.25, 0.3) is 0 Å². The second kappa shape index (κ2) is 8.91. The fraction of sp³-hybridized carbons (Fsp3) is 0. The van der Waals surface area contributed by atoms with Gasteiger partial charge in [0.25, 0.3) is 0 Å². The van der Waals surface area contributed by atoms with Gasteiger partial charge in [0.15, 0.2) is 0 Å². The van der Waals surface area contributed by atoms with Gasteiger partial charge in [0, 0.05) is 10.6 Å². The van der Waals surface area contributed by atoms with Crippen molar-refractivity contribution < 1.29 is 12.4 Å². The van der Waals surface area contributed by atoms with Crippen molar-refractivity contribution in [3.63, 3.8) is 0 Å². The van der Waals surface area contributed by atoms with E-state index in [1.54, 1.807) is 30.3 Å². The molecule has 0 aliphatic carbocycles. The van der Waals surface area contributed by atoms with Crippen LogP contribution in [-0.2, 0) is 14.1 Å². The number of rotatable bonds is 5. The van der Waals surface area contributed by atoms with Gasteiger partial charge in [-0.05, 0) is 12.1 Å². The van der Waals surface area contributed by atoms with Gasteiger partial charge in [0.05, 0.1) is 4.90 Å². The predicted octanol–water partition coefficient (Wildman–Crippen LogP) is 2.79. The van der Waals surface area contributed by atoms with Crippen molar-refractivity contribution in [1.29, 1.82) is 0 Å². The van der Waals surface area contributed by atoms with E-state index in [1.165, 1.54) is 0 Å². The van der Waals surface area contributed by atoms with Crippen LogP contribution in [0.1, 0.15) is 0 Å². The van der Waals surface area contributed by atoms with E-state index in [0.29, 0.717) is 0 Å². The molecule has 6 heteroatoms. The third-order valence-electron chi connectivity index (χ3n) is 3.19. The van der Waals surface area contributed by atoms with Crippen molar-refractivity contribution in [3.05, 3.63) is 91.0 Å². The number of hydrogen-bond donors (Lipinski definition) is 0. The Kier molecular flexibility index (Phi) is 7.17. The Labute approximate surface area is 165 Å². The van der Waals surface area contributed by atoms with Crippen LogP contribution in [0.2, 0.25) is 0 Å². The van der Waals surface area contributed by atoms with Gasteiger partial charge in [-0.25, -0.2) is 3.97 Å². The predicted molar refractivity (Wildman–Crippen MR) is 101 cm³/mol. The van der Waals surface area contributed by atoms with E-state index in [4.69, 9.17) is 3.97 Å². The molecule has 0 atom stereocenters. The van der Waals surface area contributed by atoms with E-state index in [1.807, 2.05) is 60.7 Å². The zero-order chi connectivity index (χ0) is 16.1. The topological polar surface area (TPSA) is 43.4 Å². The zero-order valence-electron chi connectivity index (χ0n) is 12.2. The van der Waals surface area contributed by atoms with Crippen LogP contribution in [0.3, 0.4) is 0 Å². The Hall–Kier alpha value is -1.000. The summed E-state index contributed by atoms with van der Waals surface area (Å²) in [6, 6.07) is 27.1. The minimum absolute atomic E-state index is 0. The second-order valence-electron chi connectivity index (χ2n) is 4.81. The van der Waals surface area contributed by atoms with Crippen LogP contribution in [0.5, 0.6) is 0 Å². The van der Waals surface area contributed by atoms with Crippen molar-refractivity contribution >= 4 is 58.4 Å². The zero-order valence-corrected chi connectivity index (χ0v) is 14.0. The number of benzene rings is 3. The Balaban J connectivity index is 0.00000208. The molecule has 0 spiro atoms. The van der Waals surface area contributed by atoms with Crippen molar-refractivity contribution in [3.8, 4) is 0 Å². The van der Waals surface area contributed by atoms with Crippen molar-refractivity contribution in [2.45, 2.75) is 4.90 Å². The summed E-state index contributed by atoms with van der Waals surface area (Å²) in [6.45, 7) is 0. The van der Waals surface area contributed by atoms with E-state index < -0.39 is 18.3 Å². The number of hydrogen-bond acceptors (Lipinski definition) is 3. The Bertz CT molecular complexity index is 817. The molecular weight excluding hydrogens is 350 g/mol. The SMILES string of the molecule is O=S(=O)(OP(c1ccccc1)c1ccccc1)c1ccccc1.[NaH]. The maximum atomic E-state index is 12.6. The second-order valence-corrected chi connectivity index (χ2v) is 8.40. The molecule has 3 aromatic carbocycles. The fourth-order valence-electron chi connectivity index (χ4n) is 2.09. The van der Waals surface area contributed by atoms with Crippen LogP contribution in [0.4, 0.5) is 0 Å². The van der Waals surface area contributed by atoms with Crippen LogP contribution in [0, 0.1) is 0 Å². The van der Waals surface area contributed by atoms with Gasteiger partial charge in [0.2, 0.25) is 0 Å². The summed E-state index contributed by atoms with van der Waals surface area (Å²) in [6.07, 6.45) is 0. The first-order chi connectivity index (χ1) is 11.2. The molecular formula is C18H16NaO3PS. The Morgan fingerprint density at radius 2 is 1.00 bits per heavy atom. The monoisotopic (exact) mass is 366 g/mol. The van der Waals surface area contributed by atoms with E-state index >= 15 is 0 Å². The molecule has 0 amide bonds. The first-order valence-electron chi connectivity index (χ1n) is 7.07. The van der Waals surface area contributed by atoms with Gasteiger partial charge >= 0.3 is 39.7 Å². The van der Waals surface area contributed by atoms with Crippen molar-refractivity contribution in [2.75, 3.05) is 0 Å². The molecule has 0 N–H and O–H groups in total. The molecule has 3 aromatic rings. The molecule has 0 fully saturated rings. The van der Waals surface area contributed by atoms with Crippen LogP contribution < -0.4 is 10.6 Å². The van der Waals surface area contributed by atoms with Gasteiger partial charge in [-0.3, -0.25) is 0 Å². The molecule has 0 unspecified atom stereocenters. The average Bonchev–Trinajstić information content (AvgIpc) is 2.62. The van der Waals surface area contributed by atoms with Crippen LogP contribution in [0.15, 0.2) is 95.9 Å². The summed E-state index contributed by atoms with van der Waals surface area (Å²) < 4.78 is 30.8. The van der Waals surface area contributed by atoms with Crippen LogP contribution >= 0.6 is 8.15 Å². The molecule has 24 heavy (non-hydrogen) atoms. The van der Waals surface area contributed by atoms with Crippen molar-refractivity contribution in [1.82, 2.24) is 0 Å². The fourth-order valence-corrected chi connectivity index (χ4v) is 5.58.